The fourth-order valence-corrected chi connectivity index (χ4v) is 1.42. The van der Waals surface area contributed by atoms with Crippen LogP contribution in [0.1, 0.15) is 5.56 Å². The molecule has 1 aromatic heterocycles. The van der Waals surface area contributed by atoms with E-state index in [9.17, 15) is 0 Å². The maximum atomic E-state index is 6.11. The van der Waals surface area contributed by atoms with Crippen molar-refractivity contribution < 1.29 is 0 Å². The number of nitrogens with one attached hydrogen (secondary N) is 1. The van der Waals surface area contributed by atoms with Gasteiger partial charge in [0, 0.05) is 25.8 Å². The van der Waals surface area contributed by atoms with E-state index in [1.54, 1.807) is 6.20 Å². The summed E-state index contributed by atoms with van der Waals surface area (Å²) in [6, 6.07) is 1.83. The topological polar surface area (TPSA) is 54.2 Å². The van der Waals surface area contributed by atoms with E-state index in [0.29, 0.717) is 17.4 Å². The zero-order valence-electron chi connectivity index (χ0n) is 9.13. The third-order valence-corrected chi connectivity index (χ3v) is 2.46. The Labute approximate surface area is 95.4 Å². The van der Waals surface area contributed by atoms with Crippen LogP contribution in [0.3, 0.4) is 0 Å². The highest BCUT2D eigenvalue weighted by molar-refractivity contribution is 6.33. The molecule has 0 radical (unpaired) electrons. The number of halogens is 1. The highest BCUT2D eigenvalue weighted by Crippen LogP contribution is 2.22. The lowest BCUT2D eigenvalue weighted by molar-refractivity contribution is 0.425. The van der Waals surface area contributed by atoms with Crippen LogP contribution in [-0.4, -0.2) is 37.1 Å². The molecule has 0 saturated heterocycles. The summed E-state index contributed by atoms with van der Waals surface area (Å²) in [7, 11) is 4.04. The number of likely N-dealkylation sites (N-methyl/N-ethyl adjacent to an activating group) is 1. The largest absolute Gasteiger partial charge is 0.368 e. The van der Waals surface area contributed by atoms with Crippen molar-refractivity contribution >= 4 is 17.4 Å². The lowest BCUT2D eigenvalue weighted by Crippen LogP contribution is -2.21. The molecule has 0 aliphatic heterocycles. The SMILES string of the molecule is CN(C)CCNc1nccc(CN)c1Cl. The summed E-state index contributed by atoms with van der Waals surface area (Å²) in [5, 5.41) is 3.80. The van der Waals surface area contributed by atoms with Gasteiger partial charge in [0.15, 0.2) is 0 Å². The van der Waals surface area contributed by atoms with Crippen LogP contribution in [0.2, 0.25) is 5.02 Å². The van der Waals surface area contributed by atoms with Gasteiger partial charge in [-0.3, -0.25) is 0 Å². The number of nitrogens with zero attached hydrogens (tertiary/aromatic N) is 2. The Hall–Kier alpha value is -0.840. The highest BCUT2D eigenvalue weighted by atomic mass is 35.5. The first kappa shape index (κ1) is 12.2. The van der Waals surface area contributed by atoms with E-state index in [4.69, 9.17) is 17.3 Å². The van der Waals surface area contributed by atoms with Gasteiger partial charge in [-0.25, -0.2) is 4.98 Å². The molecule has 5 heteroatoms. The second-order valence-corrected chi connectivity index (χ2v) is 3.94. The molecule has 0 amide bonds. The van der Waals surface area contributed by atoms with Gasteiger partial charge in [-0.05, 0) is 25.7 Å². The average Bonchev–Trinajstić information content (AvgIpc) is 2.20. The molecule has 0 aromatic carbocycles. The minimum Gasteiger partial charge on any atom is -0.368 e. The molecule has 84 valence electrons. The van der Waals surface area contributed by atoms with Crippen molar-refractivity contribution in [2.24, 2.45) is 5.73 Å². The number of pyridine rings is 1. The number of nitrogens with two attached hydrogens (primary N) is 1. The van der Waals surface area contributed by atoms with Crippen molar-refractivity contribution in [2.75, 3.05) is 32.5 Å². The van der Waals surface area contributed by atoms with Crippen LogP contribution >= 0.6 is 11.6 Å². The van der Waals surface area contributed by atoms with Crippen LogP contribution in [0.5, 0.6) is 0 Å². The summed E-state index contributed by atoms with van der Waals surface area (Å²) < 4.78 is 0. The second-order valence-electron chi connectivity index (χ2n) is 3.57. The molecule has 1 aromatic rings. The van der Waals surface area contributed by atoms with Gasteiger partial charge < -0.3 is 16.0 Å². The van der Waals surface area contributed by atoms with Gasteiger partial charge in [0.05, 0.1) is 5.02 Å². The van der Waals surface area contributed by atoms with Crippen molar-refractivity contribution in [2.45, 2.75) is 6.54 Å². The van der Waals surface area contributed by atoms with E-state index in [-0.39, 0.29) is 0 Å². The number of hydrogen-bond donors (Lipinski definition) is 2. The quantitative estimate of drug-likeness (QED) is 0.795. The first-order valence-electron chi connectivity index (χ1n) is 4.87. The summed E-state index contributed by atoms with van der Waals surface area (Å²) in [4.78, 5) is 6.26. The minimum absolute atomic E-state index is 0.434. The van der Waals surface area contributed by atoms with Gasteiger partial charge in [-0.15, -0.1) is 0 Å². The Morgan fingerprint density at radius 2 is 2.27 bits per heavy atom. The van der Waals surface area contributed by atoms with Crippen LogP contribution in [0.25, 0.3) is 0 Å². The minimum atomic E-state index is 0.434. The Morgan fingerprint density at radius 1 is 1.53 bits per heavy atom. The van der Waals surface area contributed by atoms with Gasteiger partial charge in [0.2, 0.25) is 0 Å². The maximum Gasteiger partial charge on any atom is 0.145 e. The van der Waals surface area contributed by atoms with Gasteiger partial charge in [0.25, 0.3) is 0 Å². The van der Waals surface area contributed by atoms with Gasteiger partial charge in [-0.1, -0.05) is 11.6 Å². The predicted molar refractivity (Wildman–Crippen MR) is 64.2 cm³/mol. The molecule has 0 fully saturated rings. The van der Waals surface area contributed by atoms with Crippen LogP contribution in [0, 0.1) is 0 Å². The summed E-state index contributed by atoms with van der Waals surface area (Å²) in [6.45, 7) is 2.18. The smallest absolute Gasteiger partial charge is 0.145 e. The molecule has 0 aliphatic rings. The molecule has 1 rings (SSSR count). The standard InChI is InChI=1S/C10H17ClN4/c1-15(2)6-5-14-10-9(11)8(7-12)3-4-13-10/h3-4H,5-7,12H2,1-2H3,(H,13,14). The normalized spacial score (nSPS) is 10.7. The summed E-state index contributed by atoms with van der Waals surface area (Å²) in [6.07, 6.45) is 1.71. The zero-order chi connectivity index (χ0) is 11.3. The molecule has 15 heavy (non-hydrogen) atoms. The lowest BCUT2D eigenvalue weighted by Gasteiger charge is -2.12. The van der Waals surface area contributed by atoms with Crippen molar-refractivity contribution in [3.8, 4) is 0 Å². The van der Waals surface area contributed by atoms with E-state index >= 15 is 0 Å². The molecule has 0 aliphatic carbocycles. The third kappa shape index (κ3) is 3.66. The molecule has 0 unspecified atom stereocenters. The van der Waals surface area contributed by atoms with E-state index in [1.807, 2.05) is 20.2 Å². The van der Waals surface area contributed by atoms with Crippen LogP contribution in [-0.2, 0) is 6.54 Å². The molecule has 4 nitrogen and oxygen atoms in total. The van der Waals surface area contributed by atoms with Gasteiger partial charge in [-0.2, -0.15) is 0 Å². The van der Waals surface area contributed by atoms with E-state index in [2.05, 4.69) is 15.2 Å². The van der Waals surface area contributed by atoms with Crippen LogP contribution in [0.15, 0.2) is 12.3 Å². The Bertz CT molecular complexity index is 314. The monoisotopic (exact) mass is 228 g/mol. The van der Waals surface area contributed by atoms with Crippen LogP contribution in [0.4, 0.5) is 5.82 Å². The molecule has 1 heterocycles. The first-order chi connectivity index (χ1) is 7.15. The summed E-state index contributed by atoms with van der Waals surface area (Å²) in [5.41, 5.74) is 6.46. The Kier molecular flexibility index (Phi) is 4.81. The van der Waals surface area contributed by atoms with Crippen molar-refractivity contribution in [3.63, 3.8) is 0 Å². The van der Waals surface area contributed by atoms with E-state index in [1.165, 1.54) is 0 Å². The number of hydrogen-bond acceptors (Lipinski definition) is 4. The maximum absolute atomic E-state index is 6.11. The third-order valence-electron chi connectivity index (χ3n) is 2.04. The van der Waals surface area contributed by atoms with E-state index < -0.39 is 0 Å². The predicted octanol–water partition coefficient (Wildman–Crippen LogP) is 1.17. The van der Waals surface area contributed by atoms with Crippen molar-refractivity contribution in [3.05, 3.63) is 22.8 Å². The Morgan fingerprint density at radius 3 is 2.87 bits per heavy atom. The van der Waals surface area contributed by atoms with Crippen LogP contribution < -0.4 is 11.1 Å². The van der Waals surface area contributed by atoms with Crippen molar-refractivity contribution in [1.82, 2.24) is 9.88 Å². The number of anilines is 1. The molecule has 0 spiro atoms. The Balaban J connectivity index is 2.61. The molecule has 0 saturated carbocycles. The molecular formula is C10H17ClN4. The molecule has 0 bridgehead atoms. The van der Waals surface area contributed by atoms with Crippen molar-refractivity contribution in [1.29, 1.82) is 0 Å². The molecular weight excluding hydrogens is 212 g/mol. The van der Waals surface area contributed by atoms with Gasteiger partial charge >= 0.3 is 0 Å². The average molecular weight is 229 g/mol. The second kappa shape index (κ2) is 5.90. The fraction of sp³-hybridized carbons (Fsp3) is 0.500. The fourth-order valence-electron chi connectivity index (χ4n) is 1.16. The molecule has 0 atom stereocenters. The van der Waals surface area contributed by atoms with Gasteiger partial charge in [0.1, 0.15) is 5.82 Å². The highest BCUT2D eigenvalue weighted by Gasteiger charge is 2.05. The summed E-state index contributed by atoms with van der Waals surface area (Å²) >= 11 is 6.11. The summed E-state index contributed by atoms with van der Waals surface area (Å²) in [5.74, 6) is 0.710. The lowest BCUT2D eigenvalue weighted by atomic mass is 10.2. The van der Waals surface area contributed by atoms with E-state index in [0.717, 1.165) is 18.7 Å². The number of rotatable bonds is 5. The first-order valence-corrected chi connectivity index (χ1v) is 5.25. The zero-order valence-corrected chi connectivity index (χ0v) is 9.88. The number of aromatic nitrogens is 1. The molecule has 3 N–H and O–H groups in total.